The topological polar surface area (TPSA) is 8.82 Å². The van der Waals surface area contributed by atoms with Crippen LogP contribution in [0.4, 0.5) is 0 Å². The van der Waals surface area contributed by atoms with Crippen LogP contribution in [0.5, 0.6) is 0 Å². The van der Waals surface area contributed by atoms with Gasteiger partial charge in [0.05, 0.1) is 33.1 Å². The molecule has 0 saturated heterocycles. The molecule has 2 nitrogen and oxygen atoms in total. The van der Waals surface area contributed by atoms with Crippen molar-refractivity contribution < 1.29 is 0 Å². The Kier molecular flexibility index (Phi) is 2.75. The van der Waals surface area contributed by atoms with Gasteiger partial charge < -0.3 is 8.80 Å². The lowest BCUT2D eigenvalue weighted by Gasteiger charge is -2.03. The molecule has 0 saturated carbocycles. The third kappa shape index (κ3) is 1.70. The molecular weight excluding hydrogens is 412 g/mol. The fraction of sp³-hybridized carbons (Fsp3) is 0.0625. The number of hydrogen-bond donors (Lipinski definition) is 0. The molecule has 0 fully saturated rings. The third-order valence-electron chi connectivity index (χ3n) is 8.05. The maximum Gasteiger partial charge on any atom is 0.0634 e. The molecule has 0 bridgehead atoms. The molecule has 2 heteroatoms. The van der Waals surface area contributed by atoms with Crippen LogP contribution >= 0.6 is 0 Å². The van der Waals surface area contributed by atoms with Crippen molar-refractivity contribution in [1.82, 2.24) is 8.80 Å². The van der Waals surface area contributed by atoms with Gasteiger partial charge in [-0.1, -0.05) is 60.7 Å². The van der Waals surface area contributed by atoms with Gasteiger partial charge in [0.1, 0.15) is 0 Å². The van der Waals surface area contributed by atoms with Gasteiger partial charge >= 0.3 is 0 Å². The van der Waals surface area contributed by atoms with Crippen LogP contribution in [0, 0.1) is 13.8 Å². The van der Waals surface area contributed by atoms with Crippen molar-refractivity contribution in [1.29, 1.82) is 0 Å². The number of benzene rings is 5. The molecule has 4 heterocycles. The monoisotopic (exact) mass is 432 g/mol. The minimum atomic E-state index is 1.29. The quantitative estimate of drug-likeness (QED) is 0.227. The second-order valence-corrected chi connectivity index (χ2v) is 9.94. The van der Waals surface area contributed by atoms with Crippen molar-refractivity contribution in [3.8, 4) is 0 Å². The smallest absolute Gasteiger partial charge is 0.0634 e. The number of rotatable bonds is 0. The van der Waals surface area contributed by atoms with E-state index in [-0.39, 0.29) is 0 Å². The number of para-hydroxylation sites is 2. The van der Waals surface area contributed by atoms with Gasteiger partial charge in [-0.3, -0.25) is 0 Å². The second kappa shape index (κ2) is 5.43. The summed E-state index contributed by atoms with van der Waals surface area (Å²) >= 11 is 0. The molecule has 0 atom stereocenters. The van der Waals surface area contributed by atoms with E-state index in [9.17, 15) is 0 Å². The van der Waals surface area contributed by atoms with Crippen molar-refractivity contribution in [2.24, 2.45) is 0 Å². The first-order valence-corrected chi connectivity index (χ1v) is 12.0. The van der Waals surface area contributed by atoms with E-state index in [1.165, 1.54) is 87.3 Å². The van der Waals surface area contributed by atoms with Gasteiger partial charge in [-0.2, -0.15) is 0 Å². The lowest BCUT2D eigenvalue weighted by atomic mass is 9.97. The Bertz CT molecular complexity index is 2130. The van der Waals surface area contributed by atoms with E-state index in [1.54, 1.807) is 0 Å². The highest BCUT2D eigenvalue weighted by Gasteiger charge is 2.28. The fourth-order valence-electron chi connectivity index (χ4n) is 6.80. The van der Waals surface area contributed by atoms with Gasteiger partial charge in [0.2, 0.25) is 0 Å². The zero-order valence-electron chi connectivity index (χ0n) is 19.0. The zero-order valence-corrected chi connectivity index (χ0v) is 19.0. The summed E-state index contributed by atoms with van der Waals surface area (Å²) in [5.41, 5.74) is 10.5. The summed E-state index contributed by atoms with van der Waals surface area (Å²) in [6.45, 7) is 4.39. The summed E-state index contributed by atoms with van der Waals surface area (Å²) in [7, 11) is 0. The number of nitrogens with zero attached hydrogens (tertiary/aromatic N) is 2. The van der Waals surface area contributed by atoms with Crippen molar-refractivity contribution in [3.05, 3.63) is 96.1 Å². The Labute approximate surface area is 194 Å². The molecule has 9 aromatic rings. The third-order valence-corrected chi connectivity index (χ3v) is 8.05. The highest BCUT2D eigenvalue weighted by atomic mass is 14.9. The van der Waals surface area contributed by atoms with Gasteiger partial charge in [0, 0.05) is 43.1 Å². The summed E-state index contributed by atoms with van der Waals surface area (Å²) in [5.74, 6) is 0. The summed E-state index contributed by atoms with van der Waals surface area (Å²) in [6.07, 6.45) is 0. The van der Waals surface area contributed by atoms with Gasteiger partial charge in [0.25, 0.3) is 0 Å². The first-order chi connectivity index (χ1) is 16.7. The molecule has 0 radical (unpaired) electrons. The molecule has 0 N–H and O–H groups in total. The predicted octanol–water partition coefficient (Wildman–Crippen LogP) is 8.60. The molecule has 4 aromatic heterocycles. The summed E-state index contributed by atoms with van der Waals surface area (Å²) in [5, 5.41) is 10.9. The van der Waals surface area contributed by atoms with Crippen LogP contribution in [0.3, 0.4) is 0 Å². The van der Waals surface area contributed by atoms with Crippen molar-refractivity contribution in [2.45, 2.75) is 13.8 Å². The Morgan fingerprint density at radius 2 is 0.794 bits per heavy atom. The van der Waals surface area contributed by atoms with Crippen molar-refractivity contribution in [3.63, 3.8) is 0 Å². The summed E-state index contributed by atoms with van der Waals surface area (Å²) in [6, 6.07) is 31.8. The van der Waals surface area contributed by atoms with Crippen LogP contribution in [0.2, 0.25) is 0 Å². The van der Waals surface area contributed by atoms with E-state index in [1.807, 2.05) is 0 Å². The lowest BCUT2D eigenvalue weighted by molar-refractivity contribution is 1.35. The summed E-state index contributed by atoms with van der Waals surface area (Å²) in [4.78, 5) is 0. The van der Waals surface area contributed by atoms with Crippen LogP contribution in [0.15, 0.2) is 84.9 Å². The number of fused-ring (bicyclic) bond motifs is 14. The van der Waals surface area contributed by atoms with Gasteiger partial charge in [-0.15, -0.1) is 0 Å². The number of hydrogen-bond acceptors (Lipinski definition) is 0. The van der Waals surface area contributed by atoms with Crippen LogP contribution in [-0.4, -0.2) is 8.80 Å². The number of aryl methyl sites for hydroxylation is 2. The molecule has 0 aliphatic carbocycles. The molecule has 0 aliphatic rings. The van der Waals surface area contributed by atoms with Crippen molar-refractivity contribution in [2.75, 3.05) is 0 Å². The molecule has 0 spiro atoms. The molecule has 9 rings (SSSR count). The number of aromatic nitrogens is 2. The van der Waals surface area contributed by atoms with E-state index >= 15 is 0 Å². The average molecular weight is 433 g/mol. The molecule has 158 valence electrons. The van der Waals surface area contributed by atoms with E-state index in [0.717, 1.165) is 0 Å². The standard InChI is InChI=1S/C32H20N2/c1-17-11-13-21-25(15-17)33-23-9-5-3-7-19(23)28-30-22-14-12-18(2)16-26(22)34-24-10-6-4-8-20(24)27(32(30)34)29(21)31(28)33/h3-16H,1-2H3. The zero-order chi connectivity index (χ0) is 22.3. The second-order valence-electron chi connectivity index (χ2n) is 9.94. The summed E-state index contributed by atoms with van der Waals surface area (Å²) < 4.78 is 5.05. The minimum Gasteiger partial charge on any atom is -0.308 e. The predicted molar refractivity (Wildman–Crippen MR) is 145 cm³/mol. The Balaban J connectivity index is 1.81. The van der Waals surface area contributed by atoms with E-state index in [2.05, 4.69) is 108 Å². The van der Waals surface area contributed by atoms with Crippen LogP contribution < -0.4 is 0 Å². The molecule has 34 heavy (non-hydrogen) atoms. The average Bonchev–Trinajstić information content (AvgIpc) is 3.55. The van der Waals surface area contributed by atoms with E-state index in [4.69, 9.17) is 0 Å². The SMILES string of the molecule is Cc1ccc2c3c4c5ccccc5n5c6cc(C)ccc6c(c6c7ccccc7n(c2c1)c63)c45. The van der Waals surface area contributed by atoms with E-state index in [0.29, 0.717) is 0 Å². The normalized spacial score (nSPS) is 13.0. The minimum absolute atomic E-state index is 1.29. The van der Waals surface area contributed by atoms with Crippen LogP contribution in [0.25, 0.3) is 76.2 Å². The van der Waals surface area contributed by atoms with Gasteiger partial charge in [0.15, 0.2) is 0 Å². The Morgan fingerprint density at radius 1 is 0.412 bits per heavy atom. The van der Waals surface area contributed by atoms with Gasteiger partial charge in [-0.05, 0) is 49.2 Å². The first-order valence-electron chi connectivity index (χ1n) is 12.0. The highest BCUT2D eigenvalue weighted by Crippen LogP contribution is 2.51. The fourth-order valence-corrected chi connectivity index (χ4v) is 6.80. The molecule has 5 aromatic carbocycles. The van der Waals surface area contributed by atoms with Crippen molar-refractivity contribution >= 4 is 76.2 Å². The van der Waals surface area contributed by atoms with E-state index < -0.39 is 0 Å². The maximum atomic E-state index is 2.52. The van der Waals surface area contributed by atoms with Gasteiger partial charge in [-0.25, -0.2) is 0 Å². The molecule has 0 unspecified atom stereocenters. The Hall–Kier alpha value is -4.30. The molecule has 0 amide bonds. The highest BCUT2D eigenvalue weighted by molar-refractivity contribution is 6.45. The molecule has 0 aliphatic heterocycles. The lowest BCUT2D eigenvalue weighted by Crippen LogP contribution is -1.80. The van der Waals surface area contributed by atoms with Crippen LogP contribution in [0.1, 0.15) is 11.1 Å². The first kappa shape index (κ1) is 17.2. The Morgan fingerprint density at radius 3 is 1.24 bits per heavy atom. The largest absolute Gasteiger partial charge is 0.308 e. The van der Waals surface area contributed by atoms with Crippen LogP contribution in [-0.2, 0) is 0 Å². The molecular formula is C32H20N2. The maximum absolute atomic E-state index is 2.52.